The van der Waals surface area contributed by atoms with Crippen LogP contribution >= 0.6 is 0 Å². The first-order valence-electron chi connectivity index (χ1n) is 7.85. The van der Waals surface area contributed by atoms with Gasteiger partial charge in [0.15, 0.2) is 0 Å². The minimum atomic E-state index is 0.329. The number of ether oxygens (including phenoxy) is 1. The lowest BCUT2D eigenvalue weighted by molar-refractivity contribution is 0.122. The van der Waals surface area contributed by atoms with Gasteiger partial charge in [-0.15, -0.1) is 10.2 Å². The van der Waals surface area contributed by atoms with E-state index >= 15 is 0 Å². The highest BCUT2D eigenvalue weighted by molar-refractivity contribution is 4.98. The normalized spacial score (nSPS) is 22.1. The van der Waals surface area contributed by atoms with E-state index in [1.54, 1.807) is 0 Å². The zero-order valence-electron chi connectivity index (χ0n) is 12.1. The van der Waals surface area contributed by atoms with Crippen LogP contribution < -0.4 is 5.32 Å². The third-order valence-electron chi connectivity index (χ3n) is 4.11. The Morgan fingerprint density at radius 3 is 3.20 bits per heavy atom. The number of hydrogen-bond donors (Lipinski definition) is 1. The largest absolute Gasteiger partial charge is 0.497 e. The zero-order valence-corrected chi connectivity index (χ0v) is 12.1. The van der Waals surface area contributed by atoms with Gasteiger partial charge in [0, 0.05) is 32.5 Å². The molecule has 0 spiro atoms. The first-order chi connectivity index (χ1) is 9.93. The molecule has 1 aromatic rings. The van der Waals surface area contributed by atoms with Gasteiger partial charge in [-0.2, -0.15) is 0 Å². The highest BCUT2D eigenvalue weighted by Crippen LogP contribution is 2.14. The molecule has 2 aliphatic heterocycles. The van der Waals surface area contributed by atoms with Crippen molar-refractivity contribution in [1.82, 2.24) is 20.1 Å². The van der Waals surface area contributed by atoms with E-state index in [2.05, 4.69) is 26.2 Å². The first-order valence-corrected chi connectivity index (χ1v) is 7.85. The predicted molar refractivity (Wildman–Crippen MR) is 77.4 cm³/mol. The molecule has 110 valence electrons. The second kappa shape index (κ2) is 6.88. The summed E-state index contributed by atoms with van der Waals surface area (Å²) >= 11 is 0. The lowest BCUT2D eigenvalue weighted by Crippen LogP contribution is -2.30. The van der Waals surface area contributed by atoms with E-state index in [9.17, 15) is 0 Å². The van der Waals surface area contributed by atoms with E-state index in [1.807, 2.05) is 6.26 Å². The van der Waals surface area contributed by atoms with Crippen LogP contribution in [0.2, 0.25) is 0 Å². The second-order valence-corrected chi connectivity index (χ2v) is 5.66. The summed E-state index contributed by atoms with van der Waals surface area (Å²) in [6.07, 6.45) is 12.3. The fourth-order valence-corrected chi connectivity index (χ4v) is 2.93. The Labute approximate surface area is 120 Å². The predicted octanol–water partition coefficient (Wildman–Crippen LogP) is 1.83. The maximum absolute atomic E-state index is 5.55. The topological polar surface area (TPSA) is 52.0 Å². The van der Waals surface area contributed by atoms with Gasteiger partial charge in [0.05, 0.1) is 6.26 Å². The van der Waals surface area contributed by atoms with E-state index in [1.165, 1.54) is 25.1 Å². The fraction of sp³-hybridized carbons (Fsp3) is 0.733. The highest BCUT2D eigenvalue weighted by atomic mass is 16.5. The molecule has 0 unspecified atom stereocenters. The summed E-state index contributed by atoms with van der Waals surface area (Å²) in [6, 6.07) is 0. The van der Waals surface area contributed by atoms with Crippen LogP contribution in [0.4, 0.5) is 0 Å². The minimum Gasteiger partial charge on any atom is -0.497 e. The van der Waals surface area contributed by atoms with Crippen molar-refractivity contribution >= 4 is 0 Å². The van der Waals surface area contributed by atoms with Crippen LogP contribution in [0.1, 0.15) is 43.8 Å². The minimum absolute atomic E-state index is 0.329. The van der Waals surface area contributed by atoms with Crippen molar-refractivity contribution in [2.75, 3.05) is 13.1 Å². The summed E-state index contributed by atoms with van der Waals surface area (Å²) < 4.78 is 7.87. The summed E-state index contributed by atoms with van der Waals surface area (Å²) in [6.45, 7) is 2.96. The fourth-order valence-electron chi connectivity index (χ4n) is 2.93. The molecule has 0 saturated heterocycles. The van der Waals surface area contributed by atoms with E-state index in [0.29, 0.717) is 6.10 Å². The number of hydrogen-bond acceptors (Lipinski definition) is 4. The molecule has 3 rings (SSSR count). The molecule has 0 amide bonds. The van der Waals surface area contributed by atoms with Crippen molar-refractivity contribution < 1.29 is 4.74 Å². The van der Waals surface area contributed by atoms with Crippen molar-refractivity contribution in [3.05, 3.63) is 24.0 Å². The summed E-state index contributed by atoms with van der Waals surface area (Å²) in [5.41, 5.74) is 0. The van der Waals surface area contributed by atoms with Crippen LogP contribution in [0.5, 0.6) is 0 Å². The summed E-state index contributed by atoms with van der Waals surface area (Å²) in [5, 5.41) is 12.2. The van der Waals surface area contributed by atoms with E-state index in [4.69, 9.17) is 4.74 Å². The summed E-state index contributed by atoms with van der Waals surface area (Å²) in [4.78, 5) is 0. The van der Waals surface area contributed by atoms with Crippen molar-refractivity contribution in [2.24, 2.45) is 0 Å². The quantitative estimate of drug-likeness (QED) is 0.834. The Hall–Kier alpha value is -1.36. The molecule has 20 heavy (non-hydrogen) atoms. The second-order valence-electron chi connectivity index (χ2n) is 5.66. The van der Waals surface area contributed by atoms with Gasteiger partial charge >= 0.3 is 0 Å². The number of aromatic nitrogens is 3. The maximum Gasteiger partial charge on any atom is 0.134 e. The van der Waals surface area contributed by atoms with E-state index in [-0.39, 0.29) is 0 Å². The SMILES string of the molecule is C1=CO[C@H](CNCCc2nnc3n2CCCCC3)CC1. The van der Waals surface area contributed by atoms with Crippen LogP contribution in [0.15, 0.2) is 12.3 Å². The Morgan fingerprint density at radius 2 is 2.30 bits per heavy atom. The number of rotatable bonds is 5. The number of nitrogens with zero attached hydrogens (tertiary/aromatic N) is 3. The zero-order chi connectivity index (χ0) is 13.6. The molecule has 1 atom stereocenters. The molecule has 1 aromatic heterocycles. The number of fused-ring (bicyclic) bond motifs is 1. The summed E-state index contributed by atoms with van der Waals surface area (Å²) in [7, 11) is 0. The first kappa shape index (κ1) is 13.6. The Morgan fingerprint density at radius 1 is 1.30 bits per heavy atom. The van der Waals surface area contributed by atoms with Gasteiger partial charge in [0.1, 0.15) is 17.8 Å². The smallest absolute Gasteiger partial charge is 0.134 e. The van der Waals surface area contributed by atoms with Gasteiger partial charge in [0.2, 0.25) is 0 Å². The monoisotopic (exact) mass is 276 g/mol. The molecule has 5 heteroatoms. The molecule has 0 aliphatic carbocycles. The molecule has 0 bridgehead atoms. The number of aryl methyl sites for hydroxylation is 1. The Balaban J connectivity index is 1.44. The molecule has 2 aliphatic rings. The molecule has 3 heterocycles. The molecule has 0 aromatic carbocycles. The van der Waals surface area contributed by atoms with Crippen LogP contribution in [0.3, 0.4) is 0 Å². The number of nitrogens with one attached hydrogen (secondary N) is 1. The average molecular weight is 276 g/mol. The molecular formula is C15H24N4O. The molecular weight excluding hydrogens is 252 g/mol. The Kier molecular flexibility index (Phi) is 4.69. The van der Waals surface area contributed by atoms with Gasteiger partial charge in [-0.1, -0.05) is 6.42 Å². The van der Waals surface area contributed by atoms with Crippen LogP contribution in [0.25, 0.3) is 0 Å². The van der Waals surface area contributed by atoms with Crippen LogP contribution in [0, 0.1) is 0 Å². The standard InChI is InChI=1S/C15H24N4O/c1-2-7-14-17-18-15(19(14)10-4-1)8-9-16-12-13-6-3-5-11-20-13/h5,11,13,16H,1-4,6-10,12H2/t13-/m0/s1. The lowest BCUT2D eigenvalue weighted by atomic mass is 10.1. The van der Waals surface area contributed by atoms with E-state index < -0.39 is 0 Å². The maximum atomic E-state index is 5.55. The van der Waals surface area contributed by atoms with Crippen LogP contribution in [-0.4, -0.2) is 34.0 Å². The van der Waals surface area contributed by atoms with Crippen LogP contribution in [-0.2, 0) is 24.1 Å². The molecule has 0 fully saturated rings. The molecule has 0 saturated carbocycles. The average Bonchev–Trinajstić information content (AvgIpc) is 2.72. The van der Waals surface area contributed by atoms with E-state index in [0.717, 1.165) is 51.1 Å². The molecule has 5 nitrogen and oxygen atoms in total. The summed E-state index contributed by atoms with van der Waals surface area (Å²) in [5.74, 6) is 2.32. The third kappa shape index (κ3) is 3.39. The highest BCUT2D eigenvalue weighted by Gasteiger charge is 2.14. The van der Waals surface area contributed by atoms with Gasteiger partial charge in [-0.3, -0.25) is 0 Å². The number of allylic oxidation sites excluding steroid dienone is 1. The van der Waals surface area contributed by atoms with Gasteiger partial charge in [-0.05, 0) is 31.8 Å². The van der Waals surface area contributed by atoms with Gasteiger partial charge in [0.25, 0.3) is 0 Å². The molecule has 1 N–H and O–H groups in total. The Bertz CT molecular complexity index is 455. The van der Waals surface area contributed by atoms with Crippen molar-refractivity contribution in [3.8, 4) is 0 Å². The molecule has 0 radical (unpaired) electrons. The van der Waals surface area contributed by atoms with Crippen molar-refractivity contribution in [3.63, 3.8) is 0 Å². The van der Waals surface area contributed by atoms with Gasteiger partial charge < -0.3 is 14.6 Å². The van der Waals surface area contributed by atoms with Crippen molar-refractivity contribution in [2.45, 2.75) is 57.6 Å². The third-order valence-corrected chi connectivity index (χ3v) is 4.11. The van der Waals surface area contributed by atoms with Crippen molar-refractivity contribution in [1.29, 1.82) is 0 Å². The lowest BCUT2D eigenvalue weighted by Gasteiger charge is -2.19. The van der Waals surface area contributed by atoms with Gasteiger partial charge in [-0.25, -0.2) is 0 Å².